The SMILES string of the molecule is N#Cc1ccc(Nc2nccc(NCCc3ccc(F)cc3)n2)cc1. The van der Waals surface area contributed by atoms with Gasteiger partial charge < -0.3 is 10.6 Å². The summed E-state index contributed by atoms with van der Waals surface area (Å²) in [5.41, 5.74) is 2.46. The van der Waals surface area contributed by atoms with Gasteiger partial charge in [-0.05, 0) is 54.4 Å². The van der Waals surface area contributed by atoms with E-state index in [0.29, 0.717) is 23.9 Å². The van der Waals surface area contributed by atoms with Gasteiger partial charge >= 0.3 is 0 Å². The number of aromatic nitrogens is 2. The van der Waals surface area contributed by atoms with E-state index in [-0.39, 0.29) is 5.82 Å². The van der Waals surface area contributed by atoms with Gasteiger partial charge in [-0.2, -0.15) is 10.2 Å². The molecule has 0 bridgehead atoms. The fourth-order valence-corrected chi connectivity index (χ4v) is 2.26. The minimum Gasteiger partial charge on any atom is -0.370 e. The summed E-state index contributed by atoms with van der Waals surface area (Å²) in [5, 5.41) is 15.1. The van der Waals surface area contributed by atoms with Gasteiger partial charge in [0.1, 0.15) is 11.6 Å². The standard InChI is InChI=1S/C19H16FN5/c20-16-5-1-14(2-6-16)9-11-22-18-10-12-23-19(25-18)24-17-7-3-15(13-21)4-8-17/h1-8,10,12H,9,11H2,(H2,22,23,24,25). The number of nitrogens with one attached hydrogen (secondary N) is 2. The van der Waals surface area contributed by atoms with E-state index < -0.39 is 0 Å². The molecule has 2 aromatic carbocycles. The minimum atomic E-state index is -0.231. The molecule has 1 aromatic heterocycles. The maximum atomic E-state index is 12.9. The van der Waals surface area contributed by atoms with E-state index >= 15 is 0 Å². The molecular formula is C19H16FN5. The van der Waals surface area contributed by atoms with Crippen LogP contribution in [-0.4, -0.2) is 16.5 Å². The van der Waals surface area contributed by atoms with Crippen LogP contribution < -0.4 is 10.6 Å². The van der Waals surface area contributed by atoms with Crippen molar-refractivity contribution in [2.24, 2.45) is 0 Å². The smallest absolute Gasteiger partial charge is 0.229 e. The van der Waals surface area contributed by atoms with Crippen molar-refractivity contribution in [1.82, 2.24) is 9.97 Å². The summed E-state index contributed by atoms with van der Waals surface area (Å²) in [6.07, 6.45) is 2.43. The second-order valence-electron chi connectivity index (χ2n) is 5.38. The summed E-state index contributed by atoms with van der Waals surface area (Å²) in [5.74, 6) is 0.941. The minimum absolute atomic E-state index is 0.231. The van der Waals surface area contributed by atoms with Crippen molar-refractivity contribution in [3.63, 3.8) is 0 Å². The summed E-state index contributed by atoms with van der Waals surface area (Å²) in [7, 11) is 0. The van der Waals surface area contributed by atoms with Gasteiger partial charge in [0.05, 0.1) is 11.6 Å². The topological polar surface area (TPSA) is 73.6 Å². The normalized spacial score (nSPS) is 10.1. The number of hydrogen-bond acceptors (Lipinski definition) is 5. The number of rotatable bonds is 6. The number of benzene rings is 2. The van der Waals surface area contributed by atoms with E-state index in [0.717, 1.165) is 17.7 Å². The molecule has 124 valence electrons. The van der Waals surface area contributed by atoms with Crippen molar-refractivity contribution in [3.8, 4) is 6.07 Å². The lowest BCUT2D eigenvalue weighted by Gasteiger charge is -2.08. The molecule has 0 saturated carbocycles. The van der Waals surface area contributed by atoms with Crippen LogP contribution in [0.1, 0.15) is 11.1 Å². The third-order valence-corrected chi connectivity index (χ3v) is 3.56. The van der Waals surface area contributed by atoms with Gasteiger partial charge in [0.25, 0.3) is 0 Å². The number of anilines is 3. The Kier molecular flexibility index (Phi) is 5.17. The Morgan fingerprint density at radius 2 is 1.76 bits per heavy atom. The molecule has 0 spiro atoms. The molecule has 0 radical (unpaired) electrons. The highest BCUT2D eigenvalue weighted by atomic mass is 19.1. The van der Waals surface area contributed by atoms with Crippen LogP contribution in [0.4, 0.5) is 21.8 Å². The molecule has 0 amide bonds. The molecular weight excluding hydrogens is 317 g/mol. The van der Waals surface area contributed by atoms with Gasteiger partial charge in [-0.1, -0.05) is 12.1 Å². The van der Waals surface area contributed by atoms with Gasteiger partial charge in [0.15, 0.2) is 0 Å². The van der Waals surface area contributed by atoms with Crippen LogP contribution >= 0.6 is 0 Å². The molecule has 0 unspecified atom stereocenters. The van der Waals surface area contributed by atoms with Crippen molar-refractivity contribution in [3.05, 3.63) is 77.7 Å². The molecule has 5 nitrogen and oxygen atoms in total. The molecule has 2 N–H and O–H groups in total. The number of halogens is 1. The van der Waals surface area contributed by atoms with Crippen LogP contribution in [0.25, 0.3) is 0 Å². The molecule has 0 atom stereocenters. The first kappa shape index (κ1) is 16.4. The van der Waals surface area contributed by atoms with E-state index in [1.165, 1.54) is 12.1 Å². The molecule has 6 heteroatoms. The van der Waals surface area contributed by atoms with Crippen LogP contribution in [0.15, 0.2) is 60.8 Å². The third kappa shape index (κ3) is 4.75. The Morgan fingerprint density at radius 1 is 1.00 bits per heavy atom. The second kappa shape index (κ2) is 7.88. The molecule has 0 aliphatic carbocycles. The predicted molar refractivity (Wildman–Crippen MR) is 95.1 cm³/mol. The molecule has 1 heterocycles. The van der Waals surface area contributed by atoms with Crippen molar-refractivity contribution >= 4 is 17.5 Å². The summed E-state index contributed by atoms with van der Waals surface area (Å²) in [4.78, 5) is 8.58. The van der Waals surface area contributed by atoms with Crippen LogP contribution in [0.5, 0.6) is 0 Å². The Morgan fingerprint density at radius 3 is 2.48 bits per heavy atom. The first-order chi connectivity index (χ1) is 12.2. The summed E-state index contributed by atoms with van der Waals surface area (Å²) in [6, 6.07) is 17.4. The van der Waals surface area contributed by atoms with Crippen molar-refractivity contribution in [2.75, 3.05) is 17.2 Å². The van der Waals surface area contributed by atoms with Gasteiger partial charge in [0.2, 0.25) is 5.95 Å². The zero-order valence-electron chi connectivity index (χ0n) is 13.4. The zero-order chi connectivity index (χ0) is 17.5. The molecule has 0 fully saturated rings. The second-order valence-corrected chi connectivity index (χ2v) is 5.38. The van der Waals surface area contributed by atoms with Crippen molar-refractivity contribution in [2.45, 2.75) is 6.42 Å². The van der Waals surface area contributed by atoms with E-state index in [9.17, 15) is 4.39 Å². The lowest BCUT2D eigenvalue weighted by atomic mass is 10.1. The van der Waals surface area contributed by atoms with Crippen LogP contribution in [0.2, 0.25) is 0 Å². The highest BCUT2D eigenvalue weighted by molar-refractivity contribution is 5.56. The average Bonchev–Trinajstić information content (AvgIpc) is 2.64. The third-order valence-electron chi connectivity index (χ3n) is 3.56. The van der Waals surface area contributed by atoms with Gasteiger partial charge in [0, 0.05) is 18.4 Å². The summed E-state index contributed by atoms with van der Waals surface area (Å²) in [6.45, 7) is 0.680. The highest BCUT2D eigenvalue weighted by Crippen LogP contribution is 2.15. The molecule has 0 aliphatic heterocycles. The zero-order valence-corrected chi connectivity index (χ0v) is 13.4. The van der Waals surface area contributed by atoms with Crippen LogP contribution in [0.3, 0.4) is 0 Å². The van der Waals surface area contributed by atoms with Crippen molar-refractivity contribution in [1.29, 1.82) is 5.26 Å². The molecule has 3 aromatic rings. The Labute approximate surface area is 145 Å². The lowest BCUT2D eigenvalue weighted by Crippen LogP contribution is -2.07. The Hall–Kier alpha value is -3.46. The van der Waals surface area contributed by atoms with Gasteiger partial charge in [-0.15, -0.1) is 0 Å². The van der Waals surface area contributed by atoms with Crippen molar-refractivity contribution < 1.29 is 4.39 Å². The predicted octanol–water partition coefficient (Wildman–Crippen LogP) is 3.89. The molecule has 0 saturated heterocycles. The van der Waals surface area contributed by atoms with E-state index in [1.54, 1.807) is 48.7 Å². The fourth-order valence-electron chi connectivity index (χ4n) is 2.26. The largest absolute Gasteiger partial charge is 0.370 e. The molecule has 25 heavy (non-hydrogen) atoms. The monoisotopic (exact) mass is 333 g/mol. The summed E-state index contributed by atoms with van der Waals surface area (Å²) >= 11 is 0. The van der Waals surface area contributed by atoms with Gasteiger partial charge in [-0.25, -0.2) is 9.37 Å². The quantitative estimate of drug-likeness (QED) is 0.716. The average molecular weight is 333 g/mol. The van der Waals surface area contributed by atoms with E-state index in [4.69, 9.17) is 5.26 Å². The number of nitriles is 1. The molecule has 0 aliphatic rings. The molecule has 3 rings (SSSR count). The van der Waals surface area contributed by atoms with E-state index in [1.807, 2.05) is 0 Å². The lowest BCUT2D eigenvalue weighted by molar-refractivity contribution is 0.627. The van der Waals surface area contributed by atoms with Crippen LogP contribution in [-0.2, 0) is 6.42 Å². The van der Waals surface area contributed by atoms with E-state index in [2.05, 4.69) is 26.7 Å². The summed E-state index contributed by atoms with van der Waals surface area (Å²) < 4.78 is 12.9. The highest BCUT2D eigenvalue weighted by Gasteiger charge is 2.01. The maximum Gasteiger partial charge on any atom is 0.229 e. The number of hydrogen-bond donors (Lipinski definition) is 2. The van der Waals surface area contributed by atoms with Gasteiger partial charge in [-0.3, -0.25) is 0 Å². The Bertz CT molecular complexity index is 870. The van der Waals surface area contributed by atoms with Crippen LogP contribution in [0, 0.1) is 17.1 Å². The Balaban J connectivity index is 1.57. The fraction of sp³-hybridized carbons (Fsp3) is 0.105. The first-order valence-corrected chi connectivity index (χ1v) is 7.81. The number of nitrogens with zero attached hydrogens (tertiary/aromatic N) is 3. The first-order valence-electron chi connectivity index (χ1n) is 7.81. The maximum absolute atomic E-state index is 12.9.